The maximum Gasteiger partial charge on any atom is 0.270 e. The Bertz CT molecular complexity index is 816. The molecule has 9 nitrogen and oxygen atoms in total. The fourth-order valence-electron chi connectivity index (χ4n) is 3.24. The van der Waals surface area contributed by atoms with Gasteiger partial charge in [0.15, 0.2) is 5.49 Å². The first-order valence-electron chi connectivity index (χ1n) is 9.28. The summed E-state index contributed by atoms with van der Waals surface area (Å²) in [5, 5.41) is 19.4. The Morgan fingerprint density at radius 2 is 2.17 bits per heavy atom. The van der Waals surface area contributed by atoms with Crippen LogP contribution in [0.4, 0.5) is 8.78 Å². The topological polar surface area (TPSA) is 115 Å². The quantitative estimate of drug-likeness (QED) is 0.284. The minimum atomic E-state index is -1.44. The van der Waals surface area contributed by atoms with Crippen LogP contribution >= 0.6 is 0 Å². The highest BCUT2D eigenvalue weighted by atomic mass is 19.1. The van der Waals surface area contributed by atoms with E-state index in [2.05, 4.69) is 4.99 Å². The number of hydrogen-bond acceptors (Lipinski definition) is 5. The first kappa shape index (κ1) is 22.5. The lowest BCUT2D eigenvalue weighted by Crippen LogP contribution is -2.46. The molecule has 2 heterocycles. The molecular weight excluding hydrogens is 390 g/mol. The maximum atomic E-state index is 14.1. The fraction of sp³-hybridized carbons (Fsp3) is 0.556. The number of likely N-dealkylation sites (tertiary alicyclic amines) is 1. The van der Waals surface area contributed by atoms with Crippen LogP contribution in [0.3, 0.4) is 0 Å². The van der Waals surface area contributed by atoms with Crippen molar-refractivity contribution in [1.29, 1.82) is 0 Å². The number of rotatable bonds is 8. The zero-order valence-electron chi connectivity index (χ0n) is 15.9. The average Bonchev–Trinajstić information content (AvgIpc) is 3.08. The Balaban J connectivity index is 2.25. The number of halogens is 2. The van der Waals surface area contributed by atoms with Crippen LogP contribution in [0, 0.1) is 11.7 Å². The van der Waals surface area contributed by atoms with Gasteiger partial charge in [0, 0.05) is 6.42 Å². The number of amides is 3. The van der Waals surface area contributed by atoms with Crippen LogP contribution in [-0.2, 0) is 14.4 Å². The molecule has 3 atom stereocenters. The van der Waals surface area contributed by atoms with Crippen LogP contribution in [0.15, 0.2) is 23.3 Å². The van der Waals surface area contributed by atoms with Crippen molar-refractivity contribution in [3.05, 3.63) is 29.6 Å². The van der Waals surface area contributed by atoms with Crippen molar-refractivity contribution in [3.63, 3.8) is 0 Å². The van der Waals surface area contributed by atoms with Gasteiger partial charge >= 0.3 is 0 Å². The molecule has 1 aromatic rings. The van der Waals surface area contributed by atoms with Crippen molar-refractivity contribution in [2.24, 2.45) is 10.9 Å². The van der Waals surface area contributed by atoms with E-state index in [0.717, 1.165) is 23.5 Å². The van der Waals surface area contributed by atoms with Gasteiger partial charge < -0.3 is 10.1 Å². The standard InChI is InChI=1S/C18H24F2N4O5/c1-2-3-4-12(8-22(28)11-25)18(27)23-9-14(20)7-15(23)17(26)21-16-6-5-13(19)10-24(16)29/h5-6,10-12,14-15,28-29H,2-4,7-9H2,1H3/t12-,14+,15+/m1/s1. The summed E-state index contributed by atoms with van der Waals surface area (Å²) in [7, 11) is 0. The number of alkyl halides is 1. The molecule has 0 bridgehead atoms. The summed E-state index contributed by atoms with van der Waals surface area (Å²) >= 11 is 0. The molecule has 11 heteroatoms. The Morgan fingerprint density at radius 1 is 1.45 bits per heavy atom. The van der Waals surface area contributed by atoms with E-state index in [1.54, 1.807) is 0 Å². The lowest BCUT2D eigenvalue weighted by molar-refractivity contribution is -0.158. The molecule has 1 fully saturated rings. The summed E-state index contributed by atoms with van der Waals surface area (Å²) in [6.45, 7) is 1.31. The molecule has 1 aliphatic heterocycles. The van der Waals surface area contributed by atoms with Gasteiger partial charge in [-0.2, -0.15) is 9.72 Å². The summed E-state index contributed by atoms with van der Waals surface area (Å²) in [6.07, 6.45) is 0.914. The van der Waals surface area contributed by atoms with E-state index >= 15 is 0 Å². The monoisotopic (exact) mass is 414 g/mol. The number of nitrogens with zero attached hydrogens (tertiary/aromatic N) is 4. The lowest BCUT2D eigenvalue weighted by atomic mass is 9.99. The molecule has 0 spiro atoms. The normalized spacial score (nSPS) is 20.6. The first-order chi connectivity index (χ1) is 13.8. The summed E-state index contributed by atoms with van der Waals surface area (Å²) in [4.78, 5) is 40.9. The van der Waals surface area contributed by atoms with Crippen molar-refractivity contribution in [3.8, 4) is 0 Å². The molecule has 29 heavy (non-hydrogen) atoms. The molecule has 1 aliphatic rings. The van der Waals surface area contributed by atoms with Gasteiger partial charge in [-0.3, -0.25) is 19.6 Å². The van der Waals surface area contributed by atoms with Crippen LogP contribution in [0.5, 0.6) is 0 Å². The number of aromatic nitrogens is 1. The molecule has 3 amide bonds. The molecule has 1 saturated heterocycles. The zero-order chi connectivity index (χ0) is 21.6. The average molecular weight is 414 g/mol. The van der Waals surface area contributed by atoms with E-state index in [-0.39, 0.29) is 31.4 Å². The highest BCUT2D eigenvalue weighted by molar-refractivity contribution is 5.90. The van der Waals surface area contributed by atoms with Crippen LogP contribution in [0.25, 0.3) is 0 Å². The summed E-state index contributed by atoms with van der Waals surface area (Å²) in [6, 6.07) is 0.860. The predicted molar refractivity (Wildman–Crippen MR) is 94.7 cm³/mol. The van der Waals surface area contributed by atoms with Gasteiger partial charge in [0.1, 0.15) is 18.0 Å². The molecule has 160 valence electrons. The first-order valence-corrected chi connectivity index (χ1v) is 9.28. The molecule has 2 rings (SSSR count). The minimum absolute atomic E-state index is 0.167. The van der Waals surface area contributed by atoms with Crippen LogP contribution in [0.1, 0.15) is 32.6 Å². The van der Waals surface area contributed by atoms with E-state index in [9.17, 15) is 33.6 Å². The van der Waals surface area contributed by atoms with Crippen molar-refractivity contribution in [1.82, 2.24) is 14.7 Å². The maximum absolute atomic E-state index is 14.1. The van der Waals surface area contributed by atoms with Gasteiger partial charge in [0.05, 0.1) is 25.2 Å². The number of carbonyl (C=O) groups is 3. The van der Waals surface area contributed by atoms with E-state index in [4.69, 9.17) is 0 Å². The van der Waals surface area contributed by atoms with Crippen LogP contribution in [-0.4, -0.2) is 68.6 Å². The van der Waals surface area contributed by atoms with Crippen molar-refractivity contribution < 1.29 is 33.6 Å². The molecule has 0 aliphatic carbocycles. The Hall–Kier alpha value is -2.82. The van der Waals surface area contributed by atoms with E-state index in [0.29, 0.717) is 28.8 Å². The minimum Gasteiger partial charge on any atom is -0.427 e. The lowest BCUT2D eigenvalue weighted by Gasteiger charge is -2.28. The van der Waals surface area contributed by atoms with Gasteiger partial charge in [0.25, 0.3) is 5.91 Å². The molecule has 0 saturated carbocycles. The molecule has 2 N–H and O–H groups in total. The van der Waals surface area contributed by atoms with Crippen LogP contribution < -0.4 is 5.49 Å². The molecule has 0 radical (unpaired) electrons. The smallest absolute Gasteiger partial charge is 0.270 e. The molecule has 1 aromatic heterocycles. The van der Waals surface area contributed by atoms with Crippen LogP contribution in [0.2, 0.25) is 0 Å². The van der Waals surface area contributed by atoms with Gasteiger partial charge in [0.2, 0.25) is 12.3 Å². The third kappa shape index (κ3) is 5.83. The van der Waals surface area contributed by atoms with E-state index in [1.807, 2.05) is 6.92 Å². The highest BCUT2D eigenvalue weighted by Crippen LogP contribution is 2.25. The number of unbranched alkanes of at least 4 members (excludes halogenated alkanes) is 1. The molecular formula is C18H24F2N4O5. The van der Waals surface area contributed by atoms with Gasteiger partial charge in [-0.05, 0) is 18.6 Å². The number of hydrogen-bond donors (Lipinski definition) is 2. The molecule has 0 aromatic carbocycles. The van der Waals surface area contributed by atoms with E-state index in [1.165, 1.54) is 0 Å². The largest absolute Gasteiger partial charge is 0.427 e. The molecule has 0 unspecified atom stereocenters. The number of carbonyl (C=O) groups excluding carboxylic acids is 3. The predicted octanol–water partition coefficient (Wildman–Crippen LogP) is 0.885. The number of hydroxylamine groups is 2. The second-order valence-corrected chi connectivity index (χ2v) is 6.91. The second-order valence-electron chi connectivity index (χ2n) is 6.91. The highest BCUT2D eigenvalue weighted by Gasteiger charge is 2.42. The summed E-state index contributed by atoms with van der Waals surface area (Å²) < 4.78 is 27.4. The van der Waals surface area contributed by atoms with Crippen molar-refractivity contribution in [2.45, 2.75) is 44.8 Å². The Labute approximate surface area is 165 Å². The third-order valence-corrected chi connectivity index (χ3v) is 4.70. The van der Waals surface area contributed by atoms with Gasteiger partial charge in [-0.25, -0.2) is 13.8 Å². The SMILES string of the molecule is CCCC[C@H](CN(O)C=O)C(=O)N1C[C@@H](F)C[C@H]1C(=O)N=c1ccc(F)cn1O. The number of pyridine rings is 1. The Kier molecular flexibility index (Phi) is 7.82. The van der Waals surface area contributed by atoms with Gasteiger partial charge in [-0.15, -0.1) is 0 Å². The van der Waals surface area contributed by atoms with Crippen molar-refractivity contribution >= 4 is 18.2 Å². The second kappa shape index (κ2) is 10.1. The summed E-state index contributed by atoms with van der Waals surface area (Å²) in [5.41, 5.74) is -0.267. The zero-order valence-corrected chi connectivity index (χ0v) is 15.9. The Morgan fingerprint density at radius 3 is 2.79 bits per heavy atom. The summed E-state index contributed by atoms with van der Waals surface area (Å²) in [5.74, 6) is -2.98. The van der Waals surface area contributed by atoms with Crippen molar-refractivity contribution in [2.75, 3.05) is 13.1 Å². The fourth-order valence-corrected chi connectivity index (χ4v) is 3.24. The van der Waals surface area contributed by atoms with Gasteiger partial charge in [-0.1, -0.05) is 19.8 Å². The third-order valence-electron chi connectivity index (χ3n) is 4.70. The van der Waals surface area contributed by atoms with E-state index < -0.39 is 35.8 Å².